The van der Waals surface area contributed by atoms with Crippen molar-refractivity contribution in [2.24, 2.45) is 11.8 Å². The molecule has 3 saturated carbocycles. The fraction of sp³-hybridized carbons (Fsp3) is 0.583. The number of nitrogens with zero attached hydrogens (tertiary/aromatic N) is 4. The maximum absolute atomic E-state index is 13.6. The number of amides is 1. The van der Waals surface area contributed by atoms with E-state index in [2.05, 4.69) is 70.7 Å². The van der Waals surface area contributed by atoms with Gasteiger partial charge < -0.3 is 9.80 Å². The zero-order chi connectivity index (χ0) is 20.2. The molecule has 5 heteroatoms. The number of piperazine rings is 1. The number of aryl methyl sites for hydroxylation is 1. The Hall–Kier alpha value is -2.30. The molecular formula is C24H32N4O. The van der Waals surface area contributed by atoms with Gasteiger partial charge in [-0.3, -0.25) is 9.48 Å². The normalized spacial score (nSPS) is 28.7. The Morgan fingerprint density at radius 1 is 1.14 bits per heavy atom. The van der Waals surface area contributed by atoms with Crippen molar-refractivity contribution in [3.8, 4) is 0 Å². The summed E-state index contributed by atoms with van der Waals surface area (Å²) in [5.41, 5.74) is 3.93. The highest BCUT2D eigenvalue weighted by molar-refractivity contribution is 5.83. The van der Waals surface area contributed by atoms with E-state index in [1.807, 2.05) is 6.20 Å². The van der Waals surface area contributed by atoms with Gasteiger partial charge in [0.25, 0.3) is 0 Å². The summed E-state index contributed by atoms with van der Waals surface area (Å²) in [4.78, 5) is 18.2. The standard InChI is InChI=1S/C24H32N4O/c1-17(2)28-21(9-11-25-28)24-10-8-19(16-24)22(24)23(29)27-14-12-26(13-15-27)20-7-5-4-6-18(20)3/h4-7,9,11,17,19,22H,8,10,12-16H2,1-3H3. The third kappa shape index (κ3) is 2.81. The molecule has 1 aliphatic heterocycles. The van der Waals surface area contributed by atoms with Crippen LogP contribution in [0.25, 0.3) is 0 Å². The molecule has 2 heterocycles. The number of carbonyl (C=O) groups is 1. The highest BCUT2D eigenvalue weighted by Gasteiger charge is 2.64. The minimum atomic E-state index is 0.0235. The Labute approximate surface area is 173 Å². The molecule has 4 fully saturated rings. The molecule has 29 heavy (non-hydrogen) atoms. The van der Waals surface area contributed by atoms with Crippen LogP contribution in [0.2, 0.25) is 0 Å². The van der Waals surface area contributed by atoms with Crippen molar-refractivity contribution in [1.29, 1.82) is 0 Å². The molecule has 4 aliphatic rings. The van der Waals surface area contributed by atoms with Gasteiger partial charge >= 0.3 is 0 Å². The van der Waals surface area contributed by atoms with Crippen LogP contribution in [-0.2, 0) is 10.2 Å². The van der Waals surface area contributed by atoms with E-state index in [-0.39, 0.29) is 11.3 Å². The summed E-state index contributed by atoms with van der Waals surface area (Å²) in [6.07, 6.45) is 5.39. The summed E-state index contributed by atoms with van der Waals surface area (Å²) in [7, 11) is 0. The third-order valence-corrected chi connectivity index (χ3v) is 7.64. The largest absolute Gasteiger partial charge is 0.368 e. The van der Waals surface area contributed by atoms with Gasteiger partial charge in [-0.15, -0.1) is 0 Å². The molecule has 0 radical (unpaired) electrons. The molecule has 1 aromatic carbocycles. The number of hydrogen-bond acceptors (Lipinski definition) is 3. The predicted octanol–water partition coefficient (Wildman–Crippen LogP) is 3.79. The molecule has 1 saturated heterocycles. The monoisotopic (exact) mass is 392 g/mol. The molecule has 154 valence electrons. The minimum absolute atomic E-state index is 0.0235. The molecule has 1 amide bonds. The Kier molecular flexibility index (Phi) is 4.45. The van der Waals surface area contributed by atoms with Crippen LogP contribution in [0.5, 0.6) is 0 Å². The molecule has 3 atom stereocenters. The quantitative estimate of drug-likeness (QED) is 0.795. The van der Waals surface area contributed by atoms with Crippen molar-refractivity contribution in [3.05, 3.63) is 47.8 Å². The molecule has 6 rings (SSSR count). The minimum Gasteiger partial charge on any atom is -0.368 e. The summed E-state index contributed by atoms with van der Waals surface area (Å²) in [5, 5.41) is 4.57. The number of carbonyl (C=O) groups excluding carboxylic acids is 1. The Morgan fingerprint density at radius 3 is 2.59 bits per heavy atom. The van der Waals surface area contributed by atoms with E-state index in [0.29, 0.717) is 17.9 Å². The predicted molar refractivity (Wildman–Crippen MR) is 115 cm³/mol. The number of para-hydroxylation sites is 1. The van der Waals surface area contributed by atoms with Crippen LogP contribution in [0.15, 0.2) is 36.5 Å². The third-order valence-electron chi connectivity index (χ3n) is 7.64. The van der Waals surface area contributed by atoms with Crippen molar-refractivity contribution in [1.82, 2.24) is 14.7 Å². The average molecular weight is 393 g/mol. The Balaban J connectivity index is 1.32. The first-order valence-corrected chi connectivity index (χ1v) is 11.1. The maximum atomic E-state index is 13.6. The second-order valence-corrected chi connectivity index (χ2v) is 9.49. The molecule has 3 unspecified atom stereocenters. The number of fused-ring (bicyclic) bond motifs is 1. The Bertz CT molecular complexity index is 907. The smallest absolute Gasteiger partial charge is 0.227 e. The van der Waals surface area contributed by atoms with E-state index < -0.39 is 0 Å². The van der Waals surface area contributed by atoms with Gasteiger partial charge in [0.15, 0.2) is 0 Å². The molecular weight excluding hydrogens is 360 g/mol. The van der Waals surface area contributed by atoms with Gasteiger partial charge in [0.2, 0.25) is 5.91 Å². The van der Waals surface area contributed by atoms with Crippen LogP contribution < -0.4 is 4.90 Å². The van der Waals surface area contributed by atoms with Crippen LogP contribution in [0, 0.1) is 18.8 Å². The average Bonchev–Trinajstić information content (AvgIpc) is 3.43. The number of benzene rings is 1. The second-order valence-electron chi connectivity index (χ2n) is 9.49. The van der Waals surface area contributed by atoms with E-state index in [1.165, 1.54) is 23.4 Å². The van der Waals surface area contributed by atoms with Gasteiger partial charge in [0, 0.05) is 55.2 Å². The molecule has 2 bridgehead atoms. The van der Waals surface area contributed by atoms with E-state index in [0.717, 1.165) is 39.0 Å². The Morgan fingerprint density at radius 2 is 1.90 bits per heavy atom. The van der Waals surface area contributed by atoms with Crippen molar-refractivity contribution < 1.29 is 4.79 Å². The molecule has 3 aliphatic carbocycles. The molecule has 5 nitrogen and oxygen atoms in total. The maximum Gasteiger partial charge on any atom is 0.227 e. The summed E-state index contributed by atoms with van der Waals surface area (Å²) in [6.45, 7) is 10.0. The number of aromatic nitrogens is 2. The summed E-state index contributed by atoms with van der Waals surface area (Å²) < 4.78 is 2.15. The van der Waals surface area contributed by atoms with E-state index >= 15 is 0 Å². The van der Waals surface area contributed by atoms with Crippen molar-refractivity contribution in [3.63, 3.8) is 0 Å². The lowest BCUT2D eigenvalue weighted by molar-refractivity contribution is -0.144. The first-order valence-electron chi connectivity index (χ1n) is 11.1. The fourth-order valence-electron chi connectivity index (χ4n) is 6.21. The highest BCUT2D eigenvalue weighted by atomic mass is 16.2. The lowest BCUT2D eigenvalue weighted by Crippen LogP contribution is -2.58. The van der Waals surface area contributed by atoms with E-state index in [4.69, 9.17) is 0 Å². The van der Waals surface area contributed by atoms with Crippen LogP contribution >= 0.6 is 0 Å². The topological polar surface area (TPSA) is 41.4 Å². The van der Waals surface area contributed by atoms with E-state index in [1.54, 1.807) is 0 Å². The van der Waals surface area contributed by atoms with Gasteiger partial charge in [-0.2, -0.15) is 5.10 Å². The second kappa shape index (κ2) is 6.89. The van der Waals surface area contributed by atoms with Gasteiger partial charge in [-0.1, -0.05) is 18.2 Å². The summed E-state index contributed by atoms with van der Waals surface area (Å²) in [6, 6.07) is 11.1. The van der Waals surface area contributed by atoms with Crippen LogP contribution in [0.4, 0.5) is 5.69 Å². The highest BCUT2D eigenvalue weighted by Crippen LogP contribution is 2.64. The van der Waals surface area contributed by atoms with Crippen LogP contribution in [0.3, 0.4) is 0 Å². The lowest BCUT2D eigenvalue weighted by Gasteiger charge is -2.49. The SMILES string of the molecule is Cc1ccccc1N1CCN(C(=O)C2C3CCC2(c2ccnn2C(C)C)C3)CC1. The van der Waals surface area contributed by atoms with Crippen molar-refractivity contribution in [2.75, 3.05) is 31.1 Å². The zero-order valence-corrected chi connectivity index (χ0v) is 17.8. The van der Waals surface area contributed by atoms with Gasteiger partial charge in [-0.05, 0) is 63.6 Å². The van der Waals surface area contributed by atoms with Gasteiger partial charge in [0.05, 0.1) is 5.92 Å². The van der Waals surface area contributed by atoms with Crippen LogP contribution in [0.1, 0.15) is 50.4 Å². The van der Waals surface area contributed by atoms with Gasteiger partial charge in [0.1, 0.15) is 0 Å². The molecule has 0 spiro atoms. The summed E-state index contributed by atoms with van der Waals surface area (Å²) >= 11 is 0. The number of rotatable bonds is 4. The van der Waals surface area contributed by atoms with Crippen molar-refractivity contribution >= 4 is 11.6 Å². The fourth-order valence-corrected chi connectivity index (χ4v) is 6.21. The van der Waals surface area contributed by atoms with Gasteiger partial charge in [-0.25, -0.2) is 0 Å². The van der Waals surface area contributed by atoms with E-state index in [9.17, 15) is 4.79 Å². The zero-order valence-electron chi connectivity index (χ0n) is 17.8. The number of anilines is 1. The number of hydrogen-bond donors (Lipinski definition) is 0. The summed E-state index contributed by atoms with van der Waals surface area (Å²) in [5.74, 6) is 1.11. The molecule has 0 N–H and O–H groups in total. The lowest BCUT2D eigenvalue weighted by atomic mass is 9.58. The molecule has 2 aromatic rings. The van der Waals surface area contributed by atoms with Crippen LogP contribution in [-0.4, -0.2) is 46.8 Å². The molecule has 1 aromatic heterocycles. The first-order chi connectivity index (χ1) is 14.0. The van der Waals surface area contributed by atoms with Crippen molar-refractivity contribution in [2.45, 2.75) is 51.5 Å². The first kappa shape index (κ1) is 18.7.